The molecule has 3 aromatic rings. The summed E-state index contributed by atoms with van der Waals surface area (Å²) in [5.41, 5.74) is 3.55. The Morgan fingerprint density at radius 1 is 1.04 bits per heavy atom. The maximum absolute atomic E-state index is 12.9. The van der Waals surface area contributed by atoms with Crippen molar-refractivity contribution < 1.29 is 14.0 Å². The van der Waals surface area contributed by atoms with Crippen LogP contribution in [0.25, 0.3) is 11.1 Å². The number of rotatable bonds is 2. The van der Waals surface area contributed by atoms with E-state index < -0.39 is 6.04 Å². The molecule has 0 saturated carbocycles. The predicted molar refractivity (Wildman–Crippen MR) is 99.2 cm³/mol. The lowest BCUT2D eigenvalue weighted by Gasteiger charge is -2.21. The van der Waals surface area contributed by atoms with Gasteiger partial charge in [-0.25, -0.2) is 0 Å². The van der Waals surface area contributed by atoms with Crippen LogP contribution in [-0.4, -0.2) is 18.9 Å². The Hall–Kier alpha value is -3.05. The first kappa shape index (κ1) is 16.4. The zero-order chi connectivity index (χ0) is 18.3. The average Bonchev–Trinajstić information content (AvgIpc) is 3.17. The summed E-state index contributed by atoms with van der Waals surface area (Å²) >= 11 is 6.01. The molecule has 2 amide bonds. The van der Waals surface area contributed by atoms with Crippen LogP contribution in [0.15, 0.2) is 65.5 Å². The van der Waals surface area contributed by atoms with Gasteiger partial charge in [-0.1, -0.05) is 35.9 Å². The molecule has 1 N–H and O–H groups in total. The fraction of sp³-hybridized carbons (Fsp3) is 0.100. The third kappa shape index (κ3) is 2.76. The van der Waals surface area contributed by atoms with Gasteiger partial charge < -0.3 is 14.6 Å². The zero-order valence-electron chi connectivity index (χ0n) is 13.9. The Labute approximate surface area is 155 Å². The highest BCUT2D eigenvalue weighted by molar-refractivity contribution is 6.31. The molecule has 0 radical (unpaired) electrons. The molecule has 0 fully saturated rings. The largest absolute Gasteiger partial charge is 0.472 e. The van der Waals surface area contributed by atoms with Gasteiger partial charge in [-0.3, -0.25) is 9.59 Å². The molecular formula is C20H15ClN2O3. The molecular weight excluding hydrogens is 352 g/mol. The minimum absolute atomic E-state index is 0.213. The minimum Gasteiger partial charge on any atom is -0.472 e. The number of nitrogens with zero attached hydrogens (tertiary/aromatic N) is 1. The van der Waals surface area contributed by atoms with Crippen molar-refractivity contribution in [3.63, 3.8) is 0 Å². The average molecular weight is 367 g/mol. The van der Waals surface area contributed by atoms with Gasteiger partial charge in [0.2, 0.25) is 0 Å². The van der Waals surface area contributed by atoms with Gasteiger partial charge in [0.1, 0.15) is 6.04 Å². The van der Waals surface area contributed by atoms with Crippen LogP contribution >= 0.6 is 11.6 Å². The van der Waals surface area contributed by atoms with Crippen molar-refractivity contribution in [3.8, 4) is 11.1 Å². The van der Waals surface area contributed by atoms with Crippen molar-refractivity contribution in [2.24, 2.45) is 0 Å². The highest BCUT2D eigenvalue weighted by Gasteiger charge is 2.32. The number of amides is 2. The Bertz CT molecular complexity index is 981. The summed E-state index contributed by atoms with van der Waals surface area (Å²) in [6.45, 7) is 0. The molecule has 1 aliphatic rings. The Balaban J connectivity index is 1.70. The van der Waals surface area contributed by atoms with Gasteiger partial charge in [0.05, 0.1) is 23.8 Å². The fourth-order valence-corrected chi connectivity index (χ4v) is 3.26. The second-order valence-electron chi connectivity index (χ2n) is 6.10. The van der Waals surface area contributed by atoms with Crippen LogP contribution in [0.3, 0.4) is 0 Å². The topological polar surface area (TPSA) is 62.6 Å². The number of halogens is 1. The molecule has 26 heavy (non-hydrogen) atoms. The quantitative estimate of drug-likeness (QED) is 0.744. The third-order valence-corrected chi connectivity index (χ3v) is 4.75. The van der Waals surface area contributed by atoms with Crippen molar-refractivity contribution >= 4 is 29.1 Å². The van der Waals surface area contributed by atoms with Crippen LogP contribution < -0.4 is 10.2 Å². The zero-order valence-corrected chi connectivity index (χ0v) is 14.7. The van der Waals surface area contributed by atoms with E-state index in [2.05, 4.69) is 5.32 Å². The molecule has 2 heterocycles. The first-order valence-corrected chi connectivity index (χ1v) is 8.43. The number of hydrogen-bond acceptors (Lipinski definition) is 3. The van der Waals surface area contributed by atoms with Crippen LogP contribution in [0.2, 0.25) is 5.02 Å². The van der Waals surface area contributed by atoms with Crippen molar-refractivity contribution in [1.82, 2.24) is 5.32 Å². The van der Waals surface area contributed by atoms with Gasteiger partial charge in [-0.15, -0.1) is 0 Å². The third-order valence-electron chi connectivity index (χ3n) is 4.52. The van der Waals surface area contributed by atoms with E-state index in [0.29, 0.717) is 21.8 Å². The molecule has 6 heteroatoms. The Morgan fingerprint density at radius 2 is 1.81 bits per heavy atom. The van der Waals surface area contributed by atoms with Crippen LogP contribution in [0, 0.1) is 0 Å². The molecule has 0 aliphatic carbocycles. The van der Waals surface area contributed by atoms with E-state index in [1.165, 1.54) is 4.90 Å². The van der Waals surface area contributed by atoms with Crippen LogP contribution in [-0.2, 0) is 4.79 Å². The van der Waals surface area contributed by atoms with Crippen LogP contribution in [0.4, 0.5) is 5.69 Å². The maximum atomic E-state index is 12.9. The summed E-state index contributed by atoms with van der Waals surface area (Å²) < 4.78 is 5.09. The second-order valence-corrected chi connectivity index (χ2v) is 6.54. The number of furan rings is 1. The number of nitrogens with one attached hydrogen (secondary N) is 1. The van der Waals surface area contributed by atoms with E-state index in [-0.39, 0.29) is 11.8 Å². The normalized spacial score (nSPS) is 16.8. The Kier molecular flexibility index (Phi) is 4.01. The van der Waals surface area contributed by atoms with Gasteiger partial charge in [-0.2, -0.15) is 0 Å². The van der Waals surface area contributed by atoms with Crippen molar-refractivity contribution in [2.75, 3.05) is 11.9 Å². The number of carbonyl (C=O) groups excluding carboxylic acids is 2. The molecule has 1 aromatic heterocycles. The van der Waals surface area contributed by atoms with E-state index in [9.17, 15) is 9.59 Å². The molecule has 4 rings (SSSR count). The summed E-state index contributed by atoms with van der Waals surface area (Å²) in [6, 6.07) is 13.5. The lowest BCUT2D eigenvalue weighted by Crippen LogP contribution is -2.37. The molecule has 5 nitrogen and oxygen atoms in total. The maximum Gasteiger partial charge on any atom is 0.254 e. The number of anilines is 1. The molecule has 0 spiro atoms. The first-order chi connectivity index (χ1) is 12.5. The van der Waals surface area contributed by atoms with Crippen molar-refractivity contribution in [3.05, 3.63) is 77.2 Å². The lowest BCUT2D eigenvalue weighted by atomic mass is 10.0. The van der Waals surface area contributed by atoms with Crippen molar-refractivity contribution in [1.29, 1.82) is 0 Å². The lowest BCUT2D eigenvalue weighted by molar-refractivity contribution is -0.120. The number of fused-ring (bicyclic) bond motifs is 1. The first-order valence-electron chi connectivity index (χ1n) is 8.05. The SMILES string of the molecule is CN1C(=O)C(c2ccc(-c3ccoc3)cc2)NC(=O)c2cc(Cl)ccc21. The molecule has 0 saturated heterocycles. The molecule has 0 bridgehead atoms. The number of carbonyl (C=O) groups is 2. The summed E-state index contributed by atoms with van der Waals surface area (Å²) in [4.78, 5) is 27.0. The molecule has 1 unspecified atom stereocenters. The standard InChI is InChI=1S/C20H15ClN2O3/c1-23-17-7-6-15(21)10-16(17)19(24)22-18(20(23)25)13-4-2-12(3-5-13)14-8-9-26-11-14/h2-11,18H,1H3,(H,22,24). The van der Waals surface area contributed by atoms with Gasteiger partial charge in [0, 0.05) is 17.6 Å². The smallest absolute Gasteiger partial charge is 0.254 e. The van der Waals surface area contributed by atoms with E-state index in [4.69, 9.17) is 16.0 Å². The summed E-state index contributed by atoms with van der Waals surface area (Å²) in [5.74, 6) is -0.542. The van der Waals surface area contributed by atoms with E-state index in [1.807, 2.05) is 30.3 Å². The van der Waals surface area contributed by atoms with Crippen LogP contribution in [0.1, 0.15) is 22.0 Å². The van der Waals surface area contributed by atoms with E-state index in [0.717, 1.165) is 11.1 Å². The van der Waals surface area contributed by atoms with Gasteiger partial charge in [0.25, 0.3) is 11.8 Å². The highest BCUT2D eigenvalue weighted by atomic mass is 35.5. The molecule has 130 valence electrons. The summed E-state index contributed by atoms with van der Waals surface area (Å²) in [5, 5.41) is 3.25. The highest BCUT2D eigenvalue weighted by Crippen LogP contribution is 2.30. The molecule has 2 aromatic carbocycles. The second kappa shape index (κ2) is 6.35. The van der Waals surface area contributed by atoms with Crippen molar-refractivity contribution in [2.45, 2.75) is 6.04 Å². The Morgan fingerprint density at radius 3 is 2.50 bits per heavy atom. The summed E-state index contributed by atoms with van der Waals surface area (Å²) in [7, 11) is 1.65. The van der Waals surface area contributed by atoms with Crippen LogP contribution in [0.5, 0.6) is 0 Å². The van der Waals surface area contributed by atoms with Gasteiger partial charge in [-0.05, 0) is 35.4 Å². The number of hydrogen-bond donors (Lipinski definition) is 1. The van der Waals surface area contributed by atoms with E-state index in [1.54, 1.807) is 37.8 Å². The predicted octanol–water partition coefficient (Wildman–Crippen LogP) is 4.05. The molecule has 1 aliphatic heterocycles. The minimum atomic E-state index is -0.767. The van der Waals surface area contributed by atoms with Gasteiger partial charge in [0.15, 0.2) is 0 Å². The number of benzene rings is 2. The monoisotopic (exact) mass is 366 g/mol. The summed E-state index contributed by atoms with van der Waals surface area (Å²) in [6.07, 6.45) is 3.26. The number of likely N-dealkylation sites (N-methyl/N-ethyl adjacent to an activating group) is 1. The van der Waals surface area contributed by atoms with Gasteiger partial charge >= 0.3 is 0 Å². The van der Waals surface area contributed by atoms with E-state index >= 15 is 0 Å². The molecule has 1 atom stereocenters. The fourth-order valence-electron chi connectivity index (χ4n) is 3.09.